The van der Waals surface area contributed by atoms with Gasteiger partial charge in [-0.3, -0.25) is 18.9 Å². The first-order chi connectivity index (χ1) is 14.4. The Morgan fingerprint density at radius 2 is 1.90 bits per heavy atom. The molecule has 0 aliphatic rings. The molecule has 0 saturated heterocycles. The molecule has 0 aliphatic heterocycles. The van der Waals surface area contributed by atoms with Crippen molar-refractivity contribution in [3.8, 4) is 0 Å². The van der Waals surface area contributed by atoms with E-state index in [-0.39, 0.29) is 28.3 Å². The molecule has 154 valence electrons. The molecule has 0 radical (unpaired) electrons. The highest BCUT2D eigenvalue weighted by Gasteiger charge is 2.21. The molecule has 10 heteroatoms. The number of pyridine rings is 1. The van der Waals surface area contributed by atoms with Crippen molar-refractivity contribution in [1.82, 2.24) is 23.7 Å². The zero-order chi connectivity index (χ0) is 21.4. The van der Waals surface area contributed by atoms with Gasteiger partial charge in [0.1, 0.15) is 5.82 Å². The van der Waals surface area contributed by atoms with Crippen LogP contribution in [0.1, 0.15) is 11.3 Å². The van der Waals surface area contributed by atoms with Crippen LogP contribution in [0.3, 0.4) is 0 Å². The second kappa shape index (κ2) is 8.08. The summed E-state index contributed by atoms with van der Waals surface area (Å²) in [6.07, 6.45) is 1.69. The number of aromatic nitrogens is 5. The van der Waals surface area contributed by atoms with E-state index < -0.39 is 17.1 Å². The Bertz CT molecular complexity index is 1340. The zero-order valence-corrected chi connectivity index (χ0v) is 17.7. The maximum atomic E-state index is 14.5. The predicted octanol–water partition coefficient (Wildman–Crippen LogP) is 2.96. The highest BCUT2D eigenvalue weighted by molar-refractivity contribution is 7.98. The third-order valence-electron chi connectivity index (χ3n) is 4.77. The molecule has 0 fully saturated rings. The maximum Gasteiger partial charge on any atom is 0.332 e. The fourth-order valence-electron chi connectivity index (χ4n) is 3.15. The Morgan fingerprint density at radius 1 is 1.10 bits per heavy atom. The SMILES string of the molecule is Cn1c(=O)c2c(nc(SCc3ccccn3)n2Cc2c(F)cccc2Cl)n(C)c1=O. The summed E-state index contributed by atoms with van der Waals surface area (Å²) in [5.41, 5.74) is 0.530. The van der Waals surface area contributed by atoms with Gasteiger partial charge < -0.3 is 4.57 Å². The molecule has 0 saturated carbocycles. The molecule has 0 atom stereocenters. The van der Waals surface area contributed by atoms with Gasteiger partial charge in [0.2, 0.25) is 0 Å². The molecule has 4 rings (SSSR count). The summed E-state index contributed by atoms with van der Waals surface area (Å²) in [5.74, 6) is 0.00958. The minimum absolute atomic E-state index is 0.00000205. The largest absolute Gasteiger partial charge is 0.332 e. The second-order valence-electron chi connectivity index (χ2n) is 6.67. The standard InChI is InChI=1S/C20H17ClFN5O2S/c1-25-17-16(18(28)26(2)20(25)29)27(10-13-14(21)7-5-8-15(13)22)19(24-17)30-11-12-6-3-4-9-23-12/h3-9H,10-11H2,1-2H3. The summed E-state index contributed by atoms with van der Waals surface area (Å²) in [5, 5.41) is 0.715. The van der Waals surface area contributed by atoms with E-state index in [1.165, 1.54) is 35.5 Å². The number of nitrogens with zero attached hydrogens (tertiary/aromatic N) is 5. The van der Waals surface area contributed by atoms with Gasteiger partial charge in [0.25, 0.3) is 5.56 Å². The molecular formula is C20H17ClFN5O2S. The molecule has 30 heavy (non-hydrogen) atoms. The van der Waals surface area contributed by atoms with E-state index in [9.17, 15) is 14.0 Å². The van der Waals surface area contributed by atoms with Gasteiger partial charge in [-0.25, -0.2) is 14.2 Å². The van der Waals surface area contributed by atoms with E-state index in [0.29, 0.717) is 10.9 Å². The van der Waals surface area contributed by atoms with Crippen molar-refractivity contribution in [2.24, 2.45) is 14.1 Å². The third kappa shape index (κ3) is 3.54. The van der Waals surface area contributed by atoms with Crippen LogP contribution >= 0.6 is 23.4 Å². The Labute approximate surface area is 179 Å². The van der Waals surface area contributed by atoms with Gasteiger partial charge in [0, 0.05) is 36.6 Å². The van der Waals surface area contributed by atoms with Crippen LogP contribution in [0.15, 0.2) is 57.3 Å². The average molecular weight is 446 g/mol. The van der Waals surface area contributed by atoms with Gasteiger partial charge >= 0.3 is 5.69 Å². The summed E-state index contributed by atoms with van der Waals surface area (Å²) < 4.78 is 18.4. The van der Waals surface area contributed by atoms with Crippen molar-refractivity contribution in [2.45, 2.75) is 17.5 Å². The van der Waals surface area contributed by atoms with Crippen molar-refractivity contribution in [3.05, 3.63) is 85.5 Å². The summed E-state index contributed by atoms with van der Waals surface area (Å²) in [7, 11) is 2.95. The van der Waals surface area contributed by atoms with Crippen molar-refractivity contribution < 1.29 is 4.39 Å². The van der Waals surface area contributed by atoms with Crippen LogP contribution in [0.4, 0.5) is 4.39 Å². The molecule has 1 aromatic carbocycles. The maximum absolute atomic E-state index is 14.5. The monoisotopic (exact) mass is 445 g/mol. The first kappa shape index (κ1) is 20.4. The minimum atomic E-state index is -0.502. The summed E-state index contributed by atoms with van der Waals surface area (Å²) in [4.78, 5) is 34.1. The lowest BCUT2D eigenvalue weighted by Gasteiger charge is -2.11. The number of rotatable bonds is 5. The molecule has 7 nitrogen and oxygen atoms in total. The molecule has 0 amide bonds. The smallest absolute Gasteiger partial charge is 0.308 e. The van der Waals surface area contributed by atoms with Crippen molar-refractivity contribution in [2.75, 3.05) is 0 Å². The first-order valence-electron chi connectivity index (χ1n) is 9.00. The molecular weight excluding hydrogens is 429 g/mol. The lowest BCUT2D eigenvalue weighted by molar-refractivity contribution is 0.593. The first-order valence-corrected chi connectivity index (χ1v) is 10.4. The number of aryl methyl sites for hydroxylation is 1. The molecule has 0 unspecified atom stereocenters. The number of benzene rings is 1. The second-order valence-corrected chi connectivity index (χ2v) is 8.02. The molecule has 4 aromatic rings. The number of imidazole rings is 1. The molecule has 0 aliphatic carbocycles. The fourth-order valence-corrected chi connectivity index (χ4v) is 4.28. The van der Waals surface area contributed by atoms with Gasteiger partial charge in [-0.2, -0.15) is 0 Å². The van der Waals surface area contributed by atoms with Crippen LogP contribution in [0, 0.1) is 5.82 Å². The highest BCUT2D eigenvalue weighted by atomic mass is 35.5. The summed E-state index contributed by atoms with van der Waals surface area (Å²) in [6.45, 7) is 0.00000205. The molecule has 0 N–H and O–H groups in total. The fraction of sp³-hybridized carbons (Fsp3) is 0.200. The highest BCUT2D eigenvalue weighted by Crippen LogP contribution is 2.28. The van der Waals surface area contributed by atoms with Gasteiger partial charge in [-0.15, -0.1) is 0 Å². The minimum Gasteiger partial charge on any atom is -0.308 e. The van der Waals surface area contributed by atoms with Crippen LogP contribution in [-0.4, -0.2) is 23.7 Å². The Hall–Kier alpha value is -2.91. The van der Waals surface area contributed by atoms with Gasteiger partial charge in [-0.1, -0.05) is 35.5 Å². The van der Waals surface area contributed by atoms with Gasteiger partial charge in [0.05, 0.1) is 12.2 Å². The van der Waals surface area contributed by atoms with Crippen LogP contribution in [0.25, 0.3) is 11.2 Å². The average Bonchev–Trinajstić information content (AvgIpc) is 3.11. The van der Waals surface area contributed by atoms with E-state index in [4.69, 9.17) is 11.6 Å². The van der Waals surface area contributed by atoms with E-state index in [0.717, 1.165) is 10.3 Å². The zero-order valence-electron chi connectivity index (χ0n) is 16.2. The van der Waals surface area contributed by atoms with Crippen molar-refractivity contribution in [3.63, 3.8) is 0 Å². The Balaban J connectivity index is 1.90. The number of hydrogen-bond acceptors (Lipinski definition) is 5. The molecule has 3 heterocycles. The molecule has 3 aromatic heterocycles. The number of halogens is 2. The van der Waals surface area contributed by atoms with E-state index in [1.54, 1.807) is 23.9 Å². The van der Waals surface area contributed by atoms with E-state index in [1.807, 2.05) is 18.2 Å². The van der Waals surface area contributed by atoms with Gasteiger partial charge in [-0.05, 0) is 24.3 Å². The van der Waals surface area contributed by atoms with Crippen molar-refractivity contribution >= 4 is 34.5 Å². The summed E-state index contributed by atoms with van der Waals surface area (Å²) in [6, 6.07) is 10.0. The van der Waals surface area contributed by atoms with E-state index >= 15 is 0 Å². The Morgan fingerprint density at radius 3 is 2.60 bits per heavy atom. The van der Waals surface area contributed by atoms with Crippen LogP contribution in [-0.2, 0) is 26.4 Å². The number of hydrogen-bond donors (Lipinski definition) is 0. The summed E-state index contributed by atoms with van der Waals surface area (Å²) >= 11 is 7.57. The molecule has 0 bridgehead atoms. The molecule has 0 spiro atoms. The van der Waals surface area contributed by atoms with Crippen LogP contribution in [0.5, 0.6) is 0 Å². The number of thioether (sulfide) groups is 1. The topological polar surface area (TPSA) is 74.7 Å². The number of fused-ring (bicyclic) bond motifs is 1. The van der Waals surface area contributed by atoms with E-state index in [2.05, 4.69) is 9.97 Å². The van der Waals surface area contributed by atoms with Crippen LogP contribution in [0.2, 0.25) is 5.02 Å². The quantitative estimate of drug-likeness (QED) is 0.441. The predicted molar refractivity (Wildman–Crippen MR) is 115 cm³/mol. The lowest BCUT2D eigenvalue weighted by Crippen LogP contribution is -2.37. The normalized spacial score (nSPS) is 11.3. The van der Waals surface area contributed by atoms with Crippen LogP contribution < -0.4 is 11.2 Å². The Kier molecular flexibility index (Phi) is 5.48. The lowest BCUT2D eigenvalue weighted by atomic mass is 10.2. The third-order valence-corrected chi connectivity index (χ3v) is 6.13. The van der Waals surface area contributed by atoms with Crippen molar-refractivity contribution in [1.29, 1.82) is 0 Å². The van der Waals surface area contributed by atoms with Gasteiger partial charge in [0.15, 0.2) is 16.3 Å².